The molecule has 0 spiro atoms. The highest BCUT2D eigenvalue weighted by Crippen LogP contribution is 2.19. The second kappa shape index (κ2) is 13.9. The number of aliphatic imine (C=N–C) groups is 1. The Hall–Kier alpha value is -2.49. The second-order valence-electron chi connectivity index (χ2n) is 8.00. The molecule has 2 amide bonds. The van der Waals surface area contributed by atoms with Crippen molar-refractivity contribution in [3.05, 3.63) is 59.2 Å². The van der Waals surface area contributed by atoms with Crippen molar-refractivity contribution in [2.24, 2.45) is 4.99 Å². The number of nitrogens with one attached hydrogen (secondary N) is 3. The van der Waals surface area contributed by atoms with Crippen LogP contribution in [0.5, 0.6) is 5.75 Å². The highest BCUT2D eigenvalue weighted by atomic mass is 127. The van der Waals surface area contributed by atoms with Crippen LogP contribution in [0.1, 0.15) is 36.5 Å². The van der Waals surface area contributed by atoms with Gasteiger partial charge < -0.3 is 25.6 Å². The van der Waals surface area contributed by atoms with E-state index in [0.29, 0.717) is 6.54 Å². The van der Waals surface area contributed by atoms with Crippen molar-refractivity contribution < 1.29 is 9.53 Å². The van der Waals surface area contributed by atoms with Gasteiger partial charge in [0.25, 0.3) is 0 Å². The molecule has 3 N–H and O–H groups in total. The van der Waals surface area contributed by atoms with Gasteiger partial charge in [-0.05, 0) is 68.0 Å². The van der Waals surface area contributed by atoms with Crippen LogP contribution in [0.15, 0.2) is 47.5 Å². The van der Waals surface area contributed by atoms with E-state index in [9.17, 15) is 4.79 Å². The van der Waals surface area contributed by atoms with Crippen LogP contribution in [0.25, 0.3) is 0 Å². The molecule has 1 aliphatic heterocycles. The maximum Gasteiger partial charge on any atom is 0.321 e. The number of guanidine groups is 1. The highest BCUT2D eigenvalue weighted by molar-refractivity contribution is 14.0. The fourth-order valence-electron chi connectivity index (χ4n) is 3.73. The van der Waals surface area contributed by atoms with Crippen molar-refractivity contribution in [3.63, 3.8) is 0 Å². The van der Waals surface area contributed by atoms with Crippen molar-refractivity contribution >= 4 is 41.7 Å². The first-order valence-electron chi connectivity index (χ1n) is 11.4. The summed E-state index contributed by atoms with van der Waals surface area (Å²) in [7, 11) is 1.70. The van der Waals surface area contributed by atoms with Crippen molar-refractivity contribution in [2.75, 3.05) is 38.6 Å². The van der Waals surface area contributed by atoms with Gasteiger partial charge in [0.1, 0.15) is 5.75 Å². The summed E-state index contributed by atoms with van der Waals surface area (Å²) >= 11 is 0. The molecule has 2 aromatic carbocycles. The number of likely N-dealkylation sites (tertiary alicyclic amines) is 1. The van der Waals surface area contributed by atoms with Crippen LogP contribution in [0.3, 0.4) is 0 Å². The SMILES string of the molecule is CCNC(=NCc1cccc(NC(=O)N2CCCC2)c1)NCCc1ccc(C)c(OC)c1.I. The summed E-state index contributed by atoms with van der Waals surface area (Å²) < 4.78 is 5.42. The molecule has 1 fully saturated rings. The number of rotatable bonds is 8. The number of halogens is 1. The van der Waals surface area contributed by atoms with E-state index in [1.807, 2.05) is 36.1 Å². The number of urea groups is 1. The van der Waals surface area contributed by atoms with Crippen molar-refractivity contribution in [2.45, 2.75) is 39.7 Å². The number of carbonyl (C=O) groups is 1. The lowest BCUT2D eigenvalue weighted by molar-refractivity contribution is 0.222. The lowest BCUT2D eigenvalue weighted by Crippen LogP contribution is -2.38. The molecule has 0 aromatic heterocycles. The van der Waals surface area contributed by atoms with E-state index < -0.39 is 0 Å². The predicted molar refractivity (Wildman–Crippen MR) is 146 cm³/mol. The third kappa shape index (κ3) is 8.42. The Morgan fingerprint density at radius 2 is 1.88 bits per heavy atom. The first-order chi connectivity index (χ1) is 15.6. The van der Waals surface area contributed by atoms with Gasteiger partial charge in [0.15, 0.2) is 5.96 Å². The van der Waals surface area contributed by atoms with Gasteiger partial charge in [-0.3, -0.25) is 0 Å². The number of hydrogen-bond donors (Lipinski definition) is 3. The number of ether oxygens (including phenoxy) is 1. The first kappa shape index (κ1) is 26.8. The lowest BCUT2D eigenvalue weighted by atomic mass is 10.1. The van der Waals surface area contributed by atoms with Gasteiger partial charge in [-0.15, -0.1) is 24.0 Å². The number of methoxy groups -OCH3 is 1. The molecular weight excluding hydrogens is 529 g/mol. The summed E-state index contributed by atoms with van der Waals surface area (Å²) in [6, 6.07) is 14.2. The fraction of sp³-hybridized carbons (Fsp3) is 0.440. The van der Waals surface area contributed by atoms with Crippen molar-refractivity contribution in [3.8, 4) is 5.75 Å². The molecule has 33 heavy (non-hydrogen) atoms. The molecule has 1 heterocycles. The average molecular weight is 566 g/mol. The van der Waals surface area contributed by atoms with E-state index in [1.54, 1.807) is 7.11 Å². The second-order valence-corrected chi connectivity index (χ2v) is 8.00. The maximum atomic E-state index is 12.3. The molecular formula is C25H36IN5O2. The van der Waals surface area contributed by atoms with E-state index >= 15 is 0 Å². The van der Waals surface area contributed by atoms with Gasteiger partial charge in [0.2, 0.25) is 0 Å². The Labute approximate surface area is 214 Å². The van der Waals surface area contributed by atoms with Gasteiger partial charge in [-0.1, -0.05) is 24.3 Å². The third-order valence-corrected chi connectivity index (χ3v) is 5.51. The molecule has 180 valence electrons. The fourth-order valence-corrected chi connectivity index (χ4v) is 3.73. The minimum Gasteiger partial charge on any atom is -0.496 e. The standard InChI is InChI=1S/C25H35N5O2.HI/c1-4-26-24(27-13-12-20-11-10-19(2)23(17-20)32-3)28-18-21-8-7-9-22(16-21)29-25(31)30-14-5-6-15-30;/h7-11,16-17H,4-6,12-15,18H2,1-3H3,(H,29,31)(H2,26,27,28);1H. The van der Waals surface area contributed by atoms with E-state index in [0.717, 1.165) is 74.0 Å². The molecule has 8 heteroatoms. The Kier molecular flexibility index (Phi) is 11.3. The summed E-state index contributed by atoms with van der Waals surface area (Å²) in [5, 5.41) is 9.69. The molecule has 0 unspecified atom stereocenters. The van der Waals surface area contributed by atoms with E-state index in [4.69, 9.17) is 9.73 Å². The number of anilines is 1. The van der Waals surface area contributed by atoms with Crippen LogP contribution in [-0.4, -0.2) is 50.2 Å². The molecule has 0 radical (unpaired) electrons. The molecule has 0 saturated carbocycles. The summed E-state index contributed by atoms with van der Waals surface area (Å²) in [5.74, 6) is 1.69. The number of aryl methyl sites for hydroxylation is 1. The highest BCUT2D eigenvalue weighted by Gasteiger charge is 2.17. The van der Waals surface area contributed by atoms with Crippen LogP contribution in [0, 0.1) is 6.92 Å². The Bertz CT molecular complexity index is 929. The van der Waals surface area contributed by atoms with Gasteiger partial charge >= 0.3 is 6.03 Å². The van der Waals surface area contributed by atoms with Crippen molar-refractivity contribution in [1.29, 1.82) is 0 Å². The molecule has 2 aromatic rings. The first-order valence-corrected chi connectivity index (χ1v) is 11.4. The molecule has 3 rings (SSSR count). The maximum absolute atomic E-state index is 12.3. The number of hydrogen-bond acceptors (Lipinski definition) is 3. The monoisotopic (exact) mass is 565 g/mol. The predicted octanol–water partition coefficient (Wildman–Crippen LogP) is 4.55. The van der Waals surface area contributed by atoms with Crippen molar-refractivity contribution in [1.82, 2.24) is 15.5 Å². The van der Waals surface area contributed by atoms with Crippen LogP contribution in [-0.2, 0) is 13.0 Å². The Morgan fingerprint density at radius 1 is 1.09 bits per heavy atom. The molecule has 7 nitrogen and oxygen atoms in total. The molecule has 0 atom stereocenters. The normalized spacial score (nSPS) is 13.3. The summed E-state index contributed by atoms with van der Waals surface area (Å²) in [4.78, 5) is 18.9. The number of amides is 2. The topological polar surface area (TPSA) is 78.0 Å². The zero-order valence-electron chi connectivity index (χ0n) is 19.8. The number of carbonyl (C=O) groups excluding carboxylic acids is 1. The van der Waals surface area contributed by atoms with Crippen LogP contribution in [0.4, 0.5) is 10.5 Å². The Balaban J connectivity index is 0.00000385. The van der Waals surface area contributed by atoms with Gasteiger partial charge in [-0.25, -0.2) is 9.79 Å². The summed E-state index contributed by atoms with van der Waals surface area (Å²) in [6.07, 6.45) is 3.04. The van der Waals surface area contributed by atoms with E-state index in [1.165, 1.54) is 5.56 Å². The van der Waals surface area contributed by atoms with Gasteiger partial charge in [0, 0.05) is 31.9 Å². The minimum absolute atomic E-state index is 0. The number of nitrogens with zero attached hydrogens (tertiary/aromatic N) is 2. The van der Waals surface area contributed by atoms with Crippen LogP contribution in [0.2, 0.25) is 0 Å². The molecule has 0 bridgehead atoms. The molecule has 1 saturated heterocycles. The van der Waals surface area contributed by atoms with E-state index in [2.05, 4.69) is 41.1 Å². The largest absolute Gasteiger partial charge is 0.496 e. The molecule has 0 aliphatic carbocycles. The summed E-state index contributed by atoms with van der Waals surface area (Å²) in [5.41, 5.74) is 4.21. The lowest BCUT2D eigenvalue weighted by Gasteiger charge is -2.16. The number of benzene rings is 2. The smallest absolute Gasteiger partial charge is 0.321 e. The average Bonchev–Trinajstić information content (AvgIpc) is 3.34. The molecule has 1 aliphatic rings. The van der Waals surface area contributed by atoms with Crippen LogP contribution < -0.4 is 20.7 Å². The Morgan fingerprint density at radius 3 is 2.61 bits per heavy atom. The zero-order chi connectivity index (χ0) is 22.8. The van der Waals surface area contributed by atoms with E-state index in [-0.39, 0.29) is 30.0 Å². The zero-order valence-corrected chi connectivity index (χ0v) is 22.1. The van der Waals surface area contributed by atoms with Crippen LogP contribution >= 0.6 is 24.0 Å². The third-order valence-electron chi connectivity index (χ3n) is 5.51. The van der Waals surface area contributed by atoms with Gasteiger partial charge in [0.05, 0.1) is 13.7 Å². The quantitative estimate of drug-likeness (QED) is 0.250. The summed E-state index contributed by atoms with van der Waals surface area (Å²) in [6.45, 7) is 7.85. The van der Waals surface area contributed by atoms with Gasteiger partial charge in [-0.2, -0.15) is 0 Å². The minimum atomic E-state index is -0.0223.